The van der Waals surface area contributed by atoms with E-state index in [1.807, 2.05) is 0 Å². The largest absolute Gasteiger partial charge is 0.405 e. The molecule has 0 saturated carbocycles. The van der Waals surface area contributed by atoms with Gasteiger partial charge in [-0.3, -0.25) is 9.59 Å². The number of hydrogen-bond donors (Lipinski definition) is 3. The number of hydrogen-bond acceptors (Lipinski definition) is 3. The average Bonchev–Trinajstić information content (AvgIpc) is 2.32. The first-order valence-corrected chi connectivity index (χ1v) is 5.25. The van der Waals surface area contributed by atoms with Gasteiger partial charge in [0.25, 0.3) is 5.91 Å². The zero-order chi connectivity index (χ0) is 14.5. The molecule has 1 aromatic rings. The van der Waals surface area contributed by atoms with E-state index in [2.05, 4.69) is 5.32 Å². The van der Waals surface area contributed by atoms with Crippen molar-refractivity contribution in [2.24, 2.45) is 0 Å². The minimum absolute atomic E-state index is 0. The molecule has 1 aromatic carbocycles. The van der Waals surface area contributed by atoms with Crippen LogP contribution in [0.25, 0.3) is 0 Å². The second kappa shape index (κ2) is 7.59. The molecule has 1 rings (SSSR count). The molecule has 9 heteroatoms. The zero-order valence-electron chi connectivity index (χ0n) is 10.2. The molecule has 0 bridgehead atoms. The first-order chi connectivity index (χ1) is 8.78. The number of carbonyl (C=O) groups is 2. The lowest BCUT2D eigenvalue weighted by Gasteiger charge is -2.09. The normalized spacial score (nSPS) is 10.3. The minimum Gasteiger partial charge on any atom is -0.399 e. The van der Waals surface area contributed by atoms with Gasteiger partial charge < -0.3 is 16.4 Å². The molecule has 0 saturated heterocycles. The van der Waals surface area contributed by atoms with Crippen LogP contribution in [0, 0.1) is 0 Å². The van der Waals surface area contributed by atoms with Crippen molar-refractivity contribution in [1.29, 1.82) is 0 Å². The van der Waals surface area contributed by atoms with E-state index in [1.165, 1.54) is 12.1 Å². The standard InChI is InChI=1S/C11H12F3N3O2.ClH/c12-11(13,14)6-17-9(18)5-16-10(19)7-2-1-3-8(15)4-7;/h1-4H,5-6,15H2,(H,16,19)(H,17,18);1H. The first kappa shape index (κ1) is 18.0. The topological polar surface area (TPSA) is 84.2 Å². The summed E-state index contributed by atoms with van der Waals surface area (Å²) in [5.74, 6) is -1.51. The Morgan fingerprint density at radius 1 is 1.20 bits per heavy atom. The van der Waals surface area contributed by atoms with Gasteiger partial charge in [-0.2, -0.15) is 13.2 Å². The lowest BCUT2D eigenvalue weighted by atomic mass is 10.2. The molecular formula is C11H13ClF3N3O2. The zero-order valence-corrected chi connectivity index (χ0v) is 11.0. The van der Waals surface area contributed by atoms with Gasteiger partial charge >= 0.3 is 6.18 Å². The molecule has 0 aliphatic carbocycles. The van der Waals surface area contributed by atoms with Crippen molar-refractivity contribution in [2.75, 3.05) is 18.8 Å². The number of alkyl halides is 3. The van der Waals surface area contributed by atoms with Gasteiger partial charge in [-0.25, -0.2) is 0 Å². The molecule has 5 nitrogen and oxygen atoms in total. The van der Waals surface area contributed by atoms with Crippen LogP contribution in [-0.4, -0.2) is 31.1 Å². The maximum atomic E-state index is 11.8. The van der Waals surface area contributed by atoms with E-state index >= 15 is 0 Å². The molecule has 4 N–H and O–H groups in total. The van der Waals surface area contributed by atoms with E-state index in [4.69, 9.17) is 5.73 Å². The summed E-state index contributed by atoms with van der Waals surface area (Å²) in [6, 6.07) is 5.99. The van der Waals surface area contributed by atoms with Crippen LogP contribution in [-0.2, 0) is 4.79 Å². The van der Waals surface area contributed by atoms with Gasteiger partial charge in [-0.1, -0.05) is 6.07 Å². The second-order valence-corrected chi connectivity index (χ2v) is 3.70. The first-order valence-electron chi connectivity index (χ1n) is 5.25. The summed E-state index contributed by atoms with van der Waals surface area (Å²) < 4.78 is 35.4. The van der Waals surface area contributed by atoms with Gasteiger partial charge in [-0.05, 0) is 18.2 Å². The lowest BCUT2D eigenvalue weighted by molar-refractivity contribution is -0.137. The van der Waals surface area contributed by atoms with Gasteiger partial charge in [0.1, 0.15) is 6.54 Å². The van der Waals surface area contributed by atoms with Gasteiger partial charge in [0, 0.05) is 11.3 Å². The Morgan fingerprint density at radius 3 is 2.40 bits per heavy atom. The monoisotopic (exact) mass is 311 g/mol. The SMILES string of the molecule is Cl.Nc1cccc(C(=O)NCC(=O)NCC(F)(F)F)c1. The van der Waals surface area contributed by atoms with E-state index in [9.17, 15) is 22.8 Å². The number of rotatable bonds is 4. The van der Waals surface area contributed by atoms with E-state index in [-0.39, 0.29) is 18.0 Å². The third-order valence-electron chi connectivity index (χ3n) is 2.04. The maximum Gasteiger partial charge on any atom is 0.405 e. The predicted molar refractivity (Wildman–Crippen MR) is 69.5 cm³/mol. The number of halogens is 4. The minimum atomic E-state index is -4.48. The quantitative estimate of drug-likeness (QED) is 0.728. The Morgan fingerprint density at radius 2 is 1.85 bits per heavy atom. The number of anilines is 1. The Hall–Kier alpha value is -1.96. The summed E-state index contributed by atoms with van der Waals surface area (Å²) in [7, 11) is 0. The van der Waals surface area contributed by atoms with Crippen LogP contribution in [0.15, 0.2) is 24.3 Å². The van der Waals surface area contributed by atoms with Crippen molar-refractivity contribution >= 4 is 29.9 Å². The molecule has 0 radical (unpaired) electrons. The lowest BCUT2D eigenvalue weighted by Crippen LogP contribution is -2.40. The molecule has 0 aliphatic rings. The molecule has 0 fully saturated rings. The van der Waals surface area contributed by atoms with Gasteiger partial charge in [-0.15, -0.1) is 12.4 Å². The molecule has 112 valence electrons. The summed E-state index contributed by atoms with van der Waals surface area (Å²) in [6.45, 7) is -1.97. The maximum absolute atomic E-state index is 11.8. The van der Waals surface area contributed by atoms with E-state index in [0.29, 0.717) is 5.69 Å². The fraction of sp³-hybridized carbons (Fsp3) is 0.273. The summed E-state index contributed by atoms with van der Waals surface area (Å²) in [5, 5.41) is 3.83. The molecule has 2 amide bonds. The van der Waals surface area contributed by atoms with Crippen molar-refractivity contribution in [3.63, 3.8) is 0 Å². The fourth-order valence-electron chi connectivity index (χ4n) is 1.20. The third kappa shape index (κ3) is 6.83. The van der Waals surface area contributed by atoms with Crippen molar-refractivity contribution in [1.82, 2.24) is 10.6 Å². The van der Waals surface area contributed by atoms with Crippen LogP contribution in [0.3, 0.4) is 0 Å². The highest BCUT2D eigenvalue weighted by molar-refractivity contribution is 5.97. The third-order valence-corrected chi connectivity index (χ3v) is 2.04. The number of benzene rings is 1. The molecular weight excluding hydrogens is 299 g/mol. The van der Waals surface area contributed by atoms with E-state index in [1.54, 1.807) is 17.4 Å². The summed E-state index contributed by atoms with van der Waals surface area (Å²) in [6.07, 6.45) is -4.48. The predicted octanol–water partition coefficient (Wildman–Crippen LogP) is 1.10. The fourth-order valence-corrected chi connectivity index (χ4v) is 1.20. The number of amides is 2. The van der Waals surface area contributed by atoms with Crippen molar-refractivity contribution in [3.05, 3.63) is 29.8 Å². The molecule has 0 aromatic heterocycles. The van der Waals surface area contributed by atoms with Gasteiger partial charge in [0.05, 0.1) is 6.54 Å². The van der Waals surface area contributed by atoms with Crippen LogP contribution >= 0.6 is 12.4 Å². The average molecular weight is 312 g/mol. The number of nitrogen functional groups attached to an aromatic ring is 1. The highest BCUT2D eigenvalue weighted by Gasteiger charge is 2.27. The Balaban J connectivity index is 0.00000361. The van der Waals surface area contributed by atoms with Crippen LogP contribution in [0.5, 0.6) is 0 Å². The summed E-state index contributed by atoms with van der Waals surface area (Å²) in [4.78, 5) is 22.6. The number of nitrogens with one attached hydrogen (secondary N) is 2. The van der Waals surface area contributed by atoms with Gasteiger partial charge in [0.15, 0.2) is 0 Å². The van der Waals surface area contributed by atoms with Crippen LogP contribution in [0.1, 0.15) is 10.4 Å². The number of carbonyl (C=O) groups excluding carboxylic acids is 2. The van der Waals surface area contributed by atoms with Crippen molar-refractivity contribution in [2.45, 2.75) is 6.18 Å². The Kier molecular flexibility index (Phi) is 6.84. The van der Waals surface area contributed by atoms with Crippen molar-refractivity contribution in [3.8, 4) is 0 Å². The van der Waals surface area contributed by atoms with Gasteiger partial charge in [0.2, 0.25) is 5.91 Å². The smallest absolute Gasteiger partial charge is 0.399 e. The van der Waals surface area contributed by atoms with Crippen LogP contribution in [0.4, 0.5) is 18.9 Å². The second-order valence-electron chi connectivity index (χ2n) is 3.70. The van der Waals surface area contributed by atoms with Crippen LogP contribution in [0.2, 0.25) is 0 Å². The summed E-state index contributed by atoms with van der Waals surface area (Å²) >= 11 is 0. The molecule has 0 spiro atoms. The Labute approximate surface area is 119 Å². The molecule has 0 atom stereocenters. The molecule has 20 heavy (non-hydrogen) atoms. The highest BCUT2D eigenvalue weighted by atomic mass is 35.5. The molecule has 0 aliphatic heterocycles. The van der Waals surface area contributed by atoms with Crippen LogP contribution < -0.4 is 16.4 Å². The number of nitrogens with two attached hydrogens (primary N) is 1. The van der Waals surface area contributed by atoms with E-state index < -0.39 is 31.1 Å². The molecule has 0 unspecified atom stereocenters. The Bertz CT molecular complexity index is 480. The van der Waals surface area contributed by atoms with E-state index in [0.717, 1.165) is 0 Å². The highest BCUT2D eigenvalue weighted by Crippen LogP contribution is 2.11. The summed E-state index contributed by atoms with van der Waals surface area (Å²) in [5.41, 5.74) is 6.06. The molecule has 0 heterocycles. The van der Waals surface area contributed by atoms with Crippen molar-refractivity contribution < 1.29 is 22.8 Å².